The standard InChI is InChI=1S/C9H15/c1-4-6-8-9(3)7-5-2/h3,6,8H,4-5,7H2,1-2H3/b8-6+,9-3?. The van der Waals surface area contributed by atoms with Crippen molar-refractivity contribution in [1.82, 2.24) is 0 Å². The second-order valence-electron chi connectivity index (χ2n) is 2.14. The van der Waals surface area contributed by atoms with Crippen molar-refractivity contribution < 1.29 is 0 Å². The molecule has 51 valence electrons. The Bertz CT molecular complexity index is 98.6. The van der Waals surface area contributed by atoms with Crippen LogP contribution in [0.4, 0.5) is 0 Å². The van der Waals surface area contributed by atoms with Gasteiger partial charge < -0.3 is 0 Å². The Morgan fingerprint density at radius 1 is 1.44 bits per heavy atom. The molecule has 0 aliphatic heterocycles. The Kier molecular flexibility index (Phi) is 5.29. The Balaban J connectivity index is 3.37. The molecule has 0 spiro atoms. The van der Waals surface area contributed by atoms with Crippen LogP contribution in [0.1, 0.15) is 33.1 Å². The molecule has 1 radical (unpaired) electrons. The molecule has 0 rings (SSSR count). The molecule has 0 fully saturated rings. The zero-order valence-electron chi connectivity index (χ0n) is 6.35. The van der Waals surface area contributed by atoms with Crippen LogP contribution in [0, 0.1) is 6.58 Å². The molecule has 0 aromatic carbocycles. The molecule has 9 heavy (non-hydrogen) atoms. The van der Waals surface area contributed by atoms with E-state index in [0.717, 1.165) is 24.8 Å². The molecule has 0 heteroatoms. The summed E-state index contributed by atoms with van der Waals surface area (Å²) in [5.41, 5.74) is 0.999. The number of hydrogen-bond donors (Lipinski definition) is 0. The summed E-state index contributed by atoms with van der Waals surface area (Å²) in [6.45, 7) is 9.84. The summed E-state index contributed by atoms with van der Waals surface area (Å²) in [6, 6.07) is 0. The molecule has 0 atom stereocenters. The van der Waals surface area contributed by atoms with Gasteiger partial charge in [-0.1, -0.05) is 39.0 Å². The summed E-state index contributed by atoms with van der Waals surface area (Å²) < 4.78 is 0. The van der Waals surface area contributed by atoms with Gasteiger partial charge in [-0.3, -0.25) is 0 Å². The molecule has 0 aromatic heterocycles. The van der Waals surface area contributed by atoms with Crippen molar-refractivity contribution in [3.05, 3.63) is 24.3 Å². The molecule has 0 nitrogen and oxygen atoms in total. The van der Waals surface area contributed by atoms with Gasteiger partial charge in [0.25, 0.3) is 0 Å². The maximum Gasteiger partial charge on any atom is -0.0282 e. The molecule has 0 saturated carbocycles. The Morgan fingerprint density at radius 3 is 2.56 bits per heavy atom. The molecular formula is C9H15. The summed E-state index contributed by atoms with van der Waals surface area (Å²) in [5.74, 6) is 0. The molecule has 0 N–H and O–H groups in total. The predicted molar refractivity (Wildman–Crippen MR) is 42.2 cm³/mol. The minimum Gasteiger partial charge on any atom is -0.0845 e. The van der Waals surface area contributed by atoms with Gasteiger partial charge in [-0.2, -0.15) is 0 Å². The minimum atomic E-state index is 0.999. The van der Waals surface area contributed by atoms with Crippen LogP contribution >= 0.6 is 0 Å². The zero-order valence-corrected chi connectivity index (χ0v) is 6.35. The molecule has 0 aromatic rings. The highest BCUT2D eigenvalue weighted by molar-refractivity contribution is 5.11. The van der Waals surface area contributed by atoms with Crippen molar-refractivity contribution >= 4 is 0 Å². The van der Waals surface area contributed by atoms with Crippen LogP contribution in [0.3, 0.4) is 0 Å². The second-order valence-corrected chi connectivity index (χ2v) is 2.14. The number of allylic oxidation sites excluding steroid dienone is 3. The fourth-order valence-corrected chi connectivity index (χ4v) is 0.641. The van der Waals surface area contributed by atoms with Crippen LogP contribution in [0.25, 0.3) is 0 Å². The fourth-order valence-electron chi connectivity index (χ4n) is 0.641. The van der Waals surface area contributed by atoms with E-state index >= 15 is 0 Å². The Morgan fingerprint density at radius 2 is 2.11 bits per heavy atom. The first-order valence-electron chi connectivity index (χ1n) is 3.59. The molecule has 0 unspecified atom stereocenters. The van der Waals surface area contributed by atoms with Crippen LogP contribution in [0.5, 0.6) is 0 Å². The maximum atomic E-state index is 5.60. The van der Waals surface area contributed by atoms with Gasteiger partial charge in [0.2, 0.25) is 0 Å². The molecule has 0 aliphatic rings. The van der Waals surface area contributed by atoms with E-state index in [1.54, 1.807) is 0 Å². The molecule has 0 heterocycles. The molecule has 0 aliphatic carbocycles. The highest BCUT2D eigenvalue weighted by Gasteiger charge is 1.82. The first-order chi connectivity index (χ1) is 4.31. The summed E-state index contributed by atoms with van der Waals surface area (Å²) in [7, 11) is 0. The van der Waals surface area contributed by atoms with Gasteiger partial charge in [0, 0.05) is 0 Å². The van der Waals surface area contributed by atoms with Crippen molar-refractivity contribution in [2.75, 3.05) is 0 Å². The largest absolute Gasteiger partial charge is 0.0845 e. The third-order valence-corrected chi connectivity index (χ3v) is 1.11. The Hall–Kier alpha value is -0.520. The van der Waals surface area contributed by atoms with Crippen molar-refractivity contribution in [3.8, 4) is 0 Å². The van der Waals surface area contributed by atoms with Crippen LogP contribution < -0.4 is 0 Å². The summed E-state index contributed by atoms with van der Waals surface area (Å²) in [4.78, 5) is 0. The molecule has 0 bridgehead atoms. The third kappa shape index (κ3) is 5.35. The predicted octanol–water partition coefficient (Wildman–Crippen LogP) is 3.11. The van der Waals surface area contributed by atoms with Crippen molar-refractivity contribution in [2.45, 2.75) is 33.1 Å². The van der Waals surface area contributed by atoms with E-state index < -0.39 is 0 Å². The fraction of sp³-hybridized carbons (Fsp3) is 0.556. The highest BCUT2D eigenvalue weighted by Crippen LogP contribution is 2.02. The third-order valence-electron chi connectivity index (χ3n) is 1.11. The summed E-state index contributed by atoms with van der Waals surface area (Å²) in [6.07, 6.45) is 7.33. The lowest BCUT2D eigenvalue weighted by molar-refractivity contribution is 0.926. The van der Waals surface area contributed by atoms with Gasteiger partial charge in [-0.15, -0.1) is 0 Å². The summed E-state index contributed by atoms with van der Waals surface area (Å²) >= 11 is 0. The number of rotatable bonds is 4. The Labute approximate surface area is 58.3 Å². The van der Waals surface area contributed by atoms with Gasteiger partial charge in [-0.25, -0.2) is 0 Å². The lowest BCUT2D eigenvalue weighted by atomic mass is 10.1. The van der Waals surface area contributed by atoms with E-state index in [-0.39, 0.29) is 0 Å². The molecule has 0 saturated heterocycles. The van der Waals surface area contributed by atoms with Gasteiger partial charge in [0.1, 0.15) is 0 Å². The normalized spacial score (nSPS) is 10.4. The van der Waals surface area contributed by atoms with Gasteiger partial charge >= 0.3 is 0 Å². The summed E-state index contributed by atoms with van der Waals surface area (Å²) in [5, 5.41) is 0. The van der Waals surface area contributed by atoms with Gasteiger partial charge in [0.15, 0.2) is 0 Å². The van der Waals surface area contributed by atoms with Gasteiger partial charge in [-0.05, 0) is 18.4 Å². The maximum absolute atomic E-state index is 5.60. The van der Waals surface area contributed by atoms with Crippen molar-refractivity contribution in [2.24, 2.45) is 0 Å². The minimum absolute atomic E-state index is 0.999. The topological polar surface area (TPSA) is 0 Å². The van der Waals surface area contributed by atoms with E-state index in [1.165, 1.54) is 0 Å². The van der Waals surface area contributed by atoms with E-state index in [1.807, 2.05) is 6.08 Å². The molecule has 0 amide bonds. The van der Waals surface area contributed by atoms with Gasteiger partial charge in [0.05, 0.1) is 0 Å². The van der Waals surface area contributed by atoms with Crippen LogP contribution in [0.15, 0.2) is 17.7 Å². The quantitative estimate of drug-likeness (QED) is 0.504. The lowest BCUT2D eigenvalue weighted by Gasteiger charge is -1.92. The van der Waals surface area contributed by atoms with Crippen LogP contribution in [-0.4, -0.2) is 0 Å². The second kappa shape index (κ2) is 5.61. The first kappa shape index (κ1) is 8.48. The van der Waals surface area contributed by atoms with E-state index in [4.69, 9.17) is 6.58 Å². The highest BCUT2D eigenvalue weighted by atomic mass is 13.9. The van der Waals surface area contributed by atoms with Crippen molar-refractivity contribution in [1.29, 1.82) is 0 Å². The first-order valence-corrected chi connectivity index (χ1v) is 3.59. The van der Waals surface area contributed by atoms with Crippen molar-refractivity contribution in [3.63, 3.8) is 0 Å². The van der Waals surface area contributed by atoms with E-state index in [0.29, 0.717) is 0 Å². The number of hydrogen-bond acceptors (Lipinski definition) is 0. The smallest absolute Gasteiger partial charge is 0.0282 e. The van der Waals surface area contributed by atoms with E-state index in [2.05, 4.69) is 19.9 Å². The lowest BCUT2D eigenvalue weighted by Crippen LogP contribution is -1.72. The monoisotopic (exact) mass is 123 g/mol. The van der Waals surface area contributed by atoms with Crippen LogP contribution in [0.2, 0.25) is 0 Å². The van der Waals surface area contributed by atoms with Crippen LogP contribution in [-0.2, 0) is 0 Å². The average Bonchev–Trinajstić information content (AvgIpc) is 1.85. The zero-order chi connectivity index (χ0) is 7.11. The molecular weight excluding hydrogens is 108 g/mol. The SMILES string of the molecule is [CH]=C(/C=C/CC)CCC. The van der Waals surface area contributed by atoms with E-state index in [9.17, 15) is 0 Å². The average molecular weight is 123 g/mol.